The Morgan fingerprint density at radius 1 is 1.42 bits per heavy atom. The second kappa shape index (κ2) is 6.55. The quantitative estimate of drug-likeness (QED) is 0.848. The van der Waals surface area contributed by atoms with Gasteiger partial charge in [-0.3, -0.25) is 9.59 Å². The first-order valence-corrected chi connectivity index (χ1v) is 6.27. The minimum absolute atomic E-state index is 0.363. The summed E-state index contributed by atoms with van der Waals surface area (Å²) in [5.41, 5.74) is 0. The molecule has 1 atom stereocenters. The van der Waals surface area contributed by atoms with E-state index in [9.17, 15) is 22.8 Å². The topological polar surface area (TPSA) is 66.4 Å². The molecule has 1 amide bonds. The summed E-state index contributed by atoms with van der Waals surface area (Å²) in [5.74, 6) is -1.94. The summed E-state index contributed by atoms with van der Waals surface area (Å²) in [6, 6.07) is 2.51. The lowest BCUT2D eigenvalue weighted by atomic mass is 10.1. The van der Waals surface area contributed by atoms with Crippen molar-refractivity contribution in [3.63, 3.8) is 0 Å². The third-order valence-electron chi connectivity index (χ3n) is 2.24. The molecule has 0 saturated heterocycles. The third kappa shape index (κ3) is 6.23. The Kier molecular flexibility index (Phi) is 5.34. The monoisotopic (exact) mass is 295 g/mol. The number of hydrogen-bond acceptors (Lipinski definition) is 3. The zero-order chi connectivity index (χ0) is 14.5. The van der Waals surface area contributed by atoms with Crippen molar-refractivity contribution in [1.82, 2.24) is 5.32 Å². The number of carboxylic acids is 1. The van der Waals surface area contributed by atoms with E-state index in [2.05, 4.69) is 5.32 Å². The van der Waals surface area contributed by atoms with Gasteiger partial charge in [0, 0.05) is 11.3 Å². The molecule has 0 spiro atoms. The number of thiophene rings is 1. The number of amides is 1. The van der Waals surface area contributed by atoms with E-state index in [0.717, 1.165) is 0 Å². The van der Waals surface area contributed by atoms with Crippen LogP contribution in [0, 0.1) is 0 Å². The van der Waals surface area contributed by atoms with Crippen molar-refractivity contribution < 1.29 is 27.9 Å². The highest BCUT2D eigenvalue weighted by Gasteiger charge is 2.28. The van der Waals surface area contributed by atoms with Gasteiger partial charge in [-0.2, -0.15) is 13.2 Å². The fourth-order valence-electron chi connectivity index (χ4n) is 1.41. The SMILES string of the molecule is O=C(O)C[C@@H](NC(=O)CCC(F)(F)F)c1cccs1. The maximum atomic E-state index is 12.0. The molecule has 106 valence electrons. The Bertz CT molecular complexity index is 431. The summed E-state index contributed by atoms with van der Waals surface area (Å²) in [6.07, 6.45) is -6.69. The molecule has 0 radical (unpaired) electrons. The van der Waals surface area contributed by atoms with Gasteiger partial charge in [-0.1, -0.05) is 6.07 Å². The fourth-order valence-corrected chi connectivity index (χ4v) is 2.19. The highest BCUT2D eigenvalue weighted by molar-refractivity contribution is 7.10. The molecule has 0 aliphatic carbocycles. The van der Waals surface area contributed by atoms with Crippen molar-refractivity contribution in [1.29, 1.82) is 0 Å². The summed E-state index contributed by atoms with van der Waals surface area (Å²) in [6.45, 7) is 0. The number of carboxylic acid groups (broad SMARTS) is 1. The standard InChI is InChI=1S/C11H12F3NO3S/c12-11(13,14)4-3-9(16)15-7(6-10(17)18)8-2-1-5-19-8/h1-2,5,7H,3-4,6H2,(H,15,16)(H,17,18)/t7-/m1/s1. The van der Waals surface area contributed by atoms with Crippen LogP contribution in [0.4, 0.5) is 13.2 Å². The van der Waals surface area contributed by atoms with Crippen LogP contribution in [0.15, 0.2) is 17.5 Å². The first-order valence-electron chi connectivity index (χ1n) is 5.39. The molecule has 0 fully saturated rings. The summed E-state index contributed by atoms with van der Waals surface area (Å²) >= 11 is 1.24. The van der Waals surface area contributed by atoms with Gasteiger partial charge in [0.05, 0.1) is 18.9 Å². The Morgan fingerprint density at radius 3 is 2.58 bits per heavy atom. The number of carbonyl (C=O) groups is 2. The van der Waals surface area contributed by atoms with Gasteiger partial charge in [0.1, 0.15) is 0 Å². The maximum Gasteiger partial charge on any atom is 0.389 e. The van der Waals surface area contributed by atoms with E-state index in [1.807, 2.05) is 0 Å². The van der Waals surface area contributed by atoms with Gasteiger partial charge in [0.2, 0.25) is 5.91 Å². The lowest BCUT2D eigenvalue weighted by Gasteiger charge is -2.15. The highest BCUT2D eigenvalue weighted by Crippen LogP contribution is 2.24. The number of nitrogens with one attached hydrogen (secondary N) is 1. The molecule has 19 heavy (non-hydrogen) atoms. The lowest BCUT2D eigenvalue weighted by Crippen LogP contribution is -2.30. The second-order valence-electron chi connectivity index (χ2n) is 3.85. The minimum atomic E-state index is -4.40. The molecule has 1 rings (SSSR count). The molecule has 0 unspecified atom stereocenters. The van der Waals surface area contributed by atoms with Gasteiger partial charge in [-0.05, 0) is 11.4 Å². The van der Waals surface area contributed by atoms with Crippen LogP contribution in [0.2, 0.25) is 0 Å². The normalized spacial score (nSPS) is 13.0. The molecule has 0 bridgehead atoms. The molecular formula is C11H12F3NO3S. The van der Waals surface area contributed by atoms with Crippen molar-refractivity contribution in [3.05, 3.63) is 22.4 Å². The molecule has 1 aromatic rings. The van der Waals surface area contributed by atoms with Gasteiger partial charge in [0.25, 0.3) is 0 Å². The van der Waals surface area contributed by atoms with E-state index in [4.69, 9.17) is 5.11 Å². The van der Waals surface area contributed by atoms with Crippen LogP contribution in [-0.4, -0.2) is 23.2 Å². The van der Waals surface area contributed by atoms with Gasteiger partial charge >= 0.3 is 12.1 Å². The van der Waals surface area contributed by atoms with Crippen LogP contribution in [-0.2, 0) is 9.59 Å². The molecule has 0 saturated carbocycles. The maximum absolute atomic E-state index is 12.0. The average Bonchev–Trinajstić information content (AvgIpc) is 2.77. The van der Waals surface area contributed by atoms with Crippen molar-refractivity contribution >= 4 is 23.2 Å². The number of carbonyl (C=O) groups excluding carboxylic acids is 1. The first kappa shape index (κ1) is 15.5. The van der Waals surface area contributed by atoms with E-state index in [1.54, 1.807) is 17.5 Å². The van der Waals surface area contributed by atoms with E-state index < -0.39 is 36.9 Å². The number of alkyl halides is 3. The van der Waals surface area contributed by atoms with Crippen LogP contribution >= 0.6 is 11.3 Å². The largest absolute Gasteiger partial charge is 0.481 e. The molecule has 8 heteroatoms. The van der Waals surface area contributed by atoms with Gasteiger partial charge in [-0.25, -0.2) is 0 Å². The Hall–Kier alpha value is -1.57. The third-order valence-corrected chi connectivity index (χ3v) is 3.22. The smallest absolute Gasteiger partial charge is 0.389 e. The van der Waals surface area contributed by atoms with Gasteiger partial charge in [-0.15, -0.1) is 11.3 Å². The van der Waals surface area contributed by atoms with Crippen LogP contribution in [0.5, 0.6) is 0 Å². The van der Waals surface area contributed by atoms with Crippen molar-refractivity contribution in [2.75, 3.05) is 0 Å². The first-order chi connectivity index (χ1) is 8.78. The van der Waals surface area contributed by atoms with Crippen LogP contribution in [0.25, 0.3) is 0 Å². The fraction of sp³-hybridized carbons (Fsp3) is 0.455. The molecule has 1 aromatic heterocycles. The van der Waals surface area contributed by atoms with Gasteiger partial charge in [0.15, 0.2) is 0 Å². The Morgan fingerprint density at radius 2 is 2.11 bits per heavy atom. The van der Waals surface area contributed by atoms with Crippen molar-refractivity contribution in [2.45, 2.75) is 31.5 Å². The summed E-state index contributed by atoms with van der Waals surface area (Å²) in [4.78, 5) is 22.7. The number of halogens is 3. The van der Waals surface area contributed by atoms with Crippen LogP contribution in [0.1, 0.15) is 30.2 Å². The number of rotatable bonds is 6. The summed E-state index contributed by atoms with van der Waals surface area (Å²) in [5, 5.41) is 12.7. The van der Waals surface area contributed by atoms with Crippen LogP contribution in [0.3, 0.4) is 0 Å². The van der Waals surface area contributed by atoms with Crippen LogP contribution < -0.4 is 5.32 Å². The number of hydrogen-bond donors (Lipinski definition) is 2. The molecule has 2 N–H and O–H groups in total. The van der Waals surface area contributed by atoms with Crippen molar-refractivity contribution in [2.24, 2.45) is 0 Å². The zero-order valence-electron chi connectivity index (χ0n) is 9.74. The molecule has 4 nitrogen and oxygen atoms in total. The minimum Gasteiger partial charge on any atom is -0.481 e. The van der Waals surface area contributed by atoms with E-state index in [0.29, 0.717) is 4.88 Å². The molecule has 0 aliphatic heterocycles. The molecule has 0 aliphatic rings. The van der Waals surface area contributed by atoms with E-state index in [-0.39, 0.29) is 6.42 Å². The Labute approximate surface area is 111 Å². The molecule has 0 aromatic carbocycles. The predicted octanol–water partition coefficient (Wildman–Crippen LogP) is 2.72. The molecule has 1 heterocycles. The second-order valence-corrected chi connectivity index (χ2v) is 4.83. The number of aliphatic carboxylic acids is 1. The average molecular weight is 295 g/mol. The predicted molar refractivity (Wildman–Crippen MR) is 62.7 cm³/mol. The van der Waals surface area contributed by atoms with Crippen molar-refractivity contribution in [3.8, 4) is 0 Å². The summed E-state index contributed by atoms with van der Waals surface area (Å²) in [7, 11) is 0. The molecular weight excluding hydrogens is 283 g/mol. The summed E-state index contributed by atoms with van der Waals surface area (Å²) < 4.78 is 35.9. The van der Waals surface area contributed by atoms with E-state index >= 15 is 0 Å². The van der Waals surface area contributed by atoms with Gasteiger partial charge < -0.3 is 10.4 Å². The highest BCUT2D eigenvalue weighted by atomic mass is 32.1. The lowest BCUT2D eigenvalue weighted by molar-refractivity contribution is -0.145. The zero-order valence-corrected chi connectivity index (χ0v) is 10.6. The van der Waals surface area contributed by atoms with E-state index in [1.165, 1.54) is 11.3 Å². The Balaban J connectivity index is 2.58.